The van der Waals surface area contributed by atoms with Gasteiger partial charge in [0, 0.05) is 33.1 Å². The van der Waals surface area contributed by atoms with Crippen molar-refractivity contribution in [1.82, 2.24) is 19.9 Å². The zero-order valence-corrected chi connectivity index (χ0v) is 12.8. The van der Waals surface area contributed by atoms with E-state index < -0.39 is 0 Å². The molecule has 1 saturated heterocycles. The third-order valence-corrected chi connectivity index (χ3v) is 4.47. The number of carbonyl (C=O) groups is 1. The van der Waals surface area contributed by atoms with Gasteiger partial charge in [-0.25, -0.2) is 0 Å². The molecule has 1 amide bonds. The molecule has 2 aromatic rings. The minimum Gasteiger partial charge on any atom is -0.342 e. The lowest BCUT2D eigenvalue weighted by molar-refractivity contribution is -0.128. The van der Waals surface area contributed by atoms with E-state index in [-0.39, 0.29) is 5.91 Å². The Morgan fingerprint density at radius 2 is 2.29 bits per heavy atom. The summed E-state index contributed by atoms with van der Waals surface area (Å²) in [4.78, 5) is 21.0. The second-order valence-electron chi connectivity index (χ2n) is 5.12. The van der Waals surface area contributed by atoms with E-state index in [0.29, 0.717) is 18.3 Å². The maximum Gasteiger partial charge on any atom is 0.241 e. The average molecular weight is 306 g/mol. The number of hydrogen-bond acceptors (Lipinski definition) is 6. The maximum absolute atomic E-state index is 11.4. The van der Waals surface area contributed by atoms with Crippen molar-refractivity contribution < 1.29 is 9.32 Å². The Bertz CT molecular complexity index is 596. The molecular weight excluding hydrogens is 288 g/mol. The number of hydrogen-bond donors (Lipinski definition) is 0. The summed E-state index contributed by atoms with van der Waals surface area (Å²) in [6, 6.07) is 3.96. The summed E-state index contributed by atoms with van der Waals surface area (Å²) in [5.41, 5.74) is 0. The molecule has 1 aliphatic rings. The largest absolute Gasteiger partial charge is 0.342 e. The van der Waals surface area contributed by atoms with Gasteiger partial charge in [-0.2, -0.15) is 4.98 Å². The van der Waals surface area contributed by atoms with Gasteiger partial charge in [-0.15, -0.1) is 11.3 Å². The van der Waals surface area contributed by atoms with Crippen molar-refractivity contribution in [2.45, 2.75) is 19.9 Å². The van der Waals surface area contributed by atoms with E-state index in [2.05, 4.69) is 15.0 Å². The Labute approximate surface area is 127 Å². The molecular formula is C14H18N4O2S. The molecule has 1 aliphatic heterocycles. The highest BCUT2D eigenvalue weighted by atomic mass is 32.1. The number of rotatable bonds is 3. The summed E-state index contributed by atoms with van der Waals surface area (Å²) >= 11 is 1.60. The normalized spacial score (nSPS) is 16.9. The van der Waals surface area contributed by atoms with Gasteiger partial charge in [0.15, 0.2) is 0 Å². The van der Waals surface area contributed by atoms with Gasteiger partial charge in [0.2, 0.25) is 17.6 Å². The number of carbonyl (C=O) groups excluding carboxylic acids is 1. The SMILES string of the molecule is CC(=O)N1CCCN(Cc2nc(-c3cccs3)no2)CC1. The Morgan fingerprint density at radius 3 is 3.05 bits per heavy atom. The Hall–Kier alpha value is -1.73. The van der Waals surface area contributed by atoms with Gasteiger partial charge >= 0.3 is 0 Å². The highest BCUT2D eigenvalue weighted by Crippen LogP contribution is 2.21. The predicted molar refractivity (Wildman–Crippen MR) is 79.8 cm³/mol. The van der Waals surface area contributed by atoms with E-state index in [9.17, 15) is 4.79 Å². The minimum atomic E-state index is 0.148. The predicted octanol–water partition coefficient (Wildman–Crippen LogP) is 1.85. The van der Waals surface area contributed by atoms with E-state index in [4.69, 9.17) is 4.52 Å². The fourth-order valence-corrected chi connectivity index (χ4v) is 3.11. The lowest BCUT2D eigenvalue weighted by atomic mass is 10.4. The van der Waals surface area contributed by atoms with Gasteiger partial charge in [0.25, 0.3) is 0 Å². The van der Waals surface area contributed by atoms with Gasteiger partial charge in [-0.05, 0) is 17.9 Å². The summed E-state index contributed by atoms with van der Waals surface area (Å²) in [6.07, 6.45) is 0.978. The lowest BCUT2D eigenvalue weighted by Crippen LogP contribution is -2.33. The van der Waals surface area contributed by atoms with Crippen molar-refractivity contribution in [3.8, 4) is 10.7 Å². The van der Waals surface area contributed by atoms with Crippen LogP contribution >= 0.6 is 11.3 Å². The third-order valence-electron chi connectivity index (χ3n) is 3.60. The second-order valence-corrected chi connectivity index (χ2v) is 6.07. The van der Waals surface area contributed by atoms with Crippen LogP contribution in [0.2, 0.25) is 0 Å². The summed E-state index contributed by atoms with van der Waals surface area (Å²) in [7, 11) is 0. The van der Waals surface area contributed by atoms with Crippen molar-refractivity contribution in [2.75, 3.05) is 26.2 Å². The Kier molecular flexibility index (Phi) is 4.31. The molecule has 0 atom stereocenters. The van der Waals surface area contributed by atoms with Crippen LogP contribution in [0.25, 0.3) is 10.7 Å². The molecule has 3 rings (SSSR count). The topological polar surface area (TPSA) is 62.5 Å². The molecule has 0 saturated carbocycles. The van der Waals surface area contributed by atoms with E-state index in [1.165, 1.54) is 0 Å². The van der Waals surface area contributed by atoms with Crippen LogP contribution in [0, 0.1) is 0 Å². The molecule has 0 radical (unpaired) electrons. The zero-order valence-electron chi connectivity index (χ0n) is 12.0. The highest BCUT2D eigenvalue weighted by molar-refractivity contribution is 7.13. The van der Waals surface area contributed by atoms with Gasteiger partial charge in [-0.1, -0.05) is 11.2 Å². The van der Waals surface area contributed by atoms with Gasteiger partial charge in [0.05, 0.1) is 11.4 Å². The van der Waals surface area contributed by atoms with Gasteiger partial charge in [-0.3, -0.25) is 9.69 Å². The molecule has 0 unspecified atom stereocenters. The molecule has 0 bridgehead atoms. The van der Waals surface area contributed by atoms with Crippen LogP contribution in [-0.4, -0.2) is 52.0 Å². The van der Waals surface area contributed by atoms with Crippen LogP contribution in [-0.2, 0) is 11.3 Å². The molecule has 0 aromatic carbocycles. The van der Waals surface area contributed by atoms with Gasteiger partial charge < -0.3 is 9.42 Å². The maximum atomic E-state index is 11.4. The molecule has 0 N–H and O–H groups in total. The highest BCUT2D eigenvalue weighted by Gasteiger charge is 2.19. The van der Waals surface area contributed by atoms with Crippen molar-refractivity contribution >= 4 is 17.2 Å². The van der Waals surface area contributed by atoms with Crippen LogP contribution in [0.5, 0.6) is 0 Å². The molecule has 21 heavy (non-hydrogen) atoms. The first-order chi connectivity index (χ1) is 10.2. The molecule has 7 heteroatoms. The Balaban J connectivity index is 1.60. The third kappa shape index (κ3) is 3.48. The fraction of sp³-hybridized carbons (Fsp3) is 0.500. The molecule has 3 heterocycles. The molecule has 112 valence electrons. The molecule has 2 aromatic heterocycles. The van der Waals surface area contributed by atoms with Crippen molar-refractivity contribution in [2.24, 2.45) is 0 Å². The van der Waals surface area contributed by atoms with Crippen LogP contribution < -0.4 is 0 Å². The molecule has 6 nitrogen and oxygen atoms in total. The number of amides is 1. The van der Waals surface area contributed by atoms with Crippen molar-refractivity contribution in [1.29, 1.82) is 0 Å². The standard InChI is InChI=1S/C14H18N4O2S/c1-11(19)18-6-3-5-17(7-8-18)10-13-15-14(16-20-13)12-4-2-9-21-12/h2,4,9H,3,5-8,10H2,1H3. The fourth-order valence-electron chi connectivity index (χ4n) is 2.46. The first kappa shape index (κ1) is 14.2. The first-order valence-corrected chi connectivity index (χ1v) is 7.94. The van der Waals surface area contributed by atoms with Gasteiger partial charge in [0.1, 0.15) is 0 Å². The van der Waals surface area contributed by atoms with Crippen LogP contribution in [0.15, 0.2) is 22.0 Å². The van der Waals surface area contributed by atoms with Crippen molar-refractivity contribution in [3.05, 3.63) is 23.4 Å². The van der Waals surface area contributed by atoms with Crippen LogP contribution in [0.3, 0.4) is 0 Å². The van der Waals surface area contributed by atoms with Crippen LogP contribution in [0.1, 0.15) is 19.2 Å². The summed E-state index contributed by atoms with van der Waals surface area (Å²) in [5.74, 6) is 1.43. The number of thiophene rings is 1. The average Bonchev–Trinajstić information content (AvgIpc) is 3.07. The molecule has 1 fully saturated rings. The van der Waals surface area contributed by atoms with E-state index in [1.54, 1.807) is 18.3 Å². The minimum absolute atomic E-state index is 0.148. The van der Waals surface area contributed by atoms with Crippen molar-refractivity contribution in [3.63, 3.8) is 0 Å². The van der Waals surface area contributed by atoms with E-state index >= 15 is 0 Å². The smallest absolute Gasteiger partial charge is 0.241 e. The van der Waals surface area contributed by atoms with E-state index in [1.807, 2.05) is 22.4 Å². The summed E-state index contributed by atoms with van der Waals surface area (Å²) in [5, 5.41) is 6.02. The van der Waals surface area contributed by atoms with E-state index in [0.717, 1.165) is 37.5 Å². The Morgan fingerprint density at radius 1 is 1.38 bits per heavy atom. The monoisotopic (exact) mass is 306 g/mol. The summed E-state index contributed by atoms with van der Waals surface area (Å²) in [6.45, 7) is 5.65. The second kappa shape index (κ2) is 6.36. The van der Waals surface area contributed by atoms with Crippen LogP contribution in [0.4, 0.5) is 0 Å². The number of aromatic nitrogens is 2. The quantitative estimate of drug-likeness (QED) is 0.866. The summed E-state index contributed by atoms with van der Waals surface area (Å²) < 4.78 is 5.33. The number of nitrogens with zero attached hydrogens (tertiary/aromatic N) is 4. The zero-order chi connectivity index (χ0) is 14.7. The molecule has 0 aliphatic carbocycles. The first-order valence-electron chi connectivity index (χ1n) is 7.07. The lowest BCUT2D eigenvalue weighted by Gasteiger charge is -2.19. The molecule has 0 spiro atoms.